The summed E-state index contributed by atoms with van der Waals surface area (Å²) in [5.41, 5.74) is 0. The SMILES string of the molecule is CC#CCCC(O)CSc1ccc(F)cc1. The summed E-state index contributed by atoms with van der Waals surface area (Å²) in [5, 5.41) is 9.63. The van der Waals surface area contributed by atoms with Crippen molar-refractivity contribution in [2.24, 2.45) is 0 Å². The van der Waals surface area contributed by atoms with Crippen LogP contribution in [0.3, 0.4) is 0 Å². The number of rotatable bonds is 5. The number of aliphatic hydroxyl groups is 1. The molecule has 1 aromatic rings. The molecule has 3 heteroatoms. The Balaban J connectivity index is 2.27. The lowest BCUT2D eigenvalue weighted by molar-refractivity contribution is 0.191. The van der Waals surface area contributed by atoms with E-state index in [1.165, 1.54) is 23.9 Å². The van der Waals surface area contributed by atoms with Gasteiger partial charge >= 0.3 is 0 Å². The van der Waals surface area contributed by atoms with Crippen molar-refractivity contribution in [3.8, 4) is 11.8 Å². The van der Waals surface area contributed by atoms with Gasteiger partial charge in [-0.25, -0.2) is 4.39 Å². The molecule has 0 saturated carbocycles. The molecular weight excluding hydrogens is 223 g/mol. The number of benzene rings is 1. The molecule has 0 heterocycles. The first-order valence-electron chi connectivity index (χ1n) is 5.18. The number of thioether (sulfide) groups is 1. The first kappa shape index (κ1) is 13.1. The van der Waals surface area contributed by atoms with Crippen LogP contribution in [-0.2, 0) is 0 Å². The highest BCUT2D eigenvalue weighted by molar-refractivity contribution is 7.99. The maximum atomic E-state index is 12.6. The van der Waals surface area contributed by atoms with E-state index in [-0.39, 0.29) is 11.9 Å². The molecular formula is C13H15FOS. The molecule has 1 unspecified atom stereocenters. The largest absolute Gasteiger partial charge is 0.392 e. The van der Waals surface area contributed by atoms with Gasteiger partial charge in [0.05, 0.1) is 6.10 Å². The molecule has 16 heavy (non-hydrogen) atoms. The van der Waals surface area contributed by atoms with Crippen LogP contribution in [0.2, 0.25) is 0 Å². The third-order valence-corrected chi connectivity index (χ3v) is 3.19. The maximum absolute atomic E-state index is 12.6. The predicted octanol–water partition coefficient (Wildman–Crippen LogP) is 3.08. The zero-order valence-corrected chi connectivity index (χ0v) is 10.1. The lowest BCUT2D eigenvalue weighted by Crippen LogP contribution is -2.08. The van der Waals surface area contributed by atoms with Crippen LogP contribution < -0.4 is 0 Å². The highest BCUT2D eigenvalue weighted by Gasteiger charge is 2.04. The molecule has 1 atom stereocenters. The summed E-state index contributed by atoms with van der Waals surface area (Å²) in [7, 11) is 0. The molecule has 0 aliphatic carbocycles. The van der Waals surface area contributed by atoms with Crippen LogP contribution in [0, 0.1) is 17.7 Å². The number of aliphatic hydroxyl groups excluding tert-OH is 1. The molecule has 1 N–H and O–H groups in total. The number of hydrogen-bond acceptors (Lipinski definition) is 2. The Bertz CT molecular complexity index is 364. The zero-order chi connectivity index (χ0) is 11.8. The molecule has 0 spiro atoms. The average molecular weight is 238 g/mol. The Morgan fingerprint density at radius 1 is 1.38 bits per heavy atom. The predicted molar refractivity (Wildman–Crippen MR) is 65.8 cm³/mol. The van der Waals surface area contributed by atoms with E-state index in [2.05, 4.69) is 11.8 Å². The van der Waals surface area contributed by atoms with Crippen molar-refractivity contribution in [3.63, 3.8) is 0 Å². The lowest BCUT2D eigenvalue weighted by atomic mass is 10.2. The maximum Gasteiger partial charge on any atom is 0.123 e. The van der Waals surface area contributed by atoms with Crippen LogP contribution >= 0.6 is 11.8 Å². The summed E-state index contributed by atoms with van der Waals surface area (Å²) in [6.07, 6.45) is 1.06. The van der Waals surface area contributed by atoms with E-state index in [9.17, 15) is 9.50 Å². The minimum absolute atomic E-state index is 0.233. The fourth-order valence-electron chi connectivity index (χ4n) is 1.17. The summed E-state index contributed by atoms with van der Waals surface area (Å²) in [6, 6.07) is 6.30. The van der Waals surface area contributed by atoms with E-state index in [1.54, 1.807) is 19.1 Å². The van der Waals surface area contributed by atoms with Gasteiger partial charge in [0.2, 0.25) is 0 Å². The fraction of sp³-hybridized carbons (Fsp3) is 0.385. The van der Waals surface area contributed by atoms with Gasteiger partial charge in [-0.1, -0.05) is 0 Å². The van der Waals surface area contributed by atoms with E-state index in [0.717, 1.165) is 11.3 Å². The van der Waals surface area contributed by atoms with Crippen LogP contribution in [0.4, 0.5) is 4.39 Å². The molecule has 1 rings (SSSR count). The molecule has 0 bridgehead atoms. The molecule has 1 aromatic carbocycles. The molecule has 0 aliphatic heterocycles. The quantitative estimate of drug-likeness (QED) is 0.628. The average Bonchev–Trinajstić information content (AvgIpc) is 2.29. The van der Waals surface area contributed by atoms with Gasteiger partial charge in [-0.15, -0.1) is 23.6 Å². The van der Waals surface area contributed by atoms with Crippen LogP contribution in [0.5, 0.6) is 0 Å². The summed E-state index contributed by atoms with van der Waals surface area (Å²) in [4.78, 5) is 0.974. The minimum Gasteiger partial charge on any atom is -0.392 e. The second kappa shape index (κ2) is 7.32. The minimum atomic E-state index is -0.351. The van der Waals surface area contributed by atoms with Gasteiger partial charge in [0.1, 0.15) is 5.82 Å². The van der Waals surface area contributed by atoms with Gasteiger partial charge in [-0.05, 0) is 37.6 Å². The van der Waals surface area contributed by atoms with Gasteiger partial charge in [0, 0.05) is 17.1 Å². The Kier molecular flexibility index (Phi) is 5.99. The molecule has 0 saturated heterocycles. The molecule has 0 amide bonds. The molecule has 0 radical (unpaired) electrons. The van der Waals surface area contributed by atoms with Crippen molar-refractivity contribution in [2.45, 2.75) is 30.8 Å². The van der Waals surface area contributed by atoms with Crippen molar-refractivity contribution in [3.05, 3.63) is 30.1 Å². The smallest absolute Gasteiger partial charge is 0.123 e. The monoisotopic (exact) mass is 238 g/mol. The van der Waals surface area contributed by atoms with Crippen molar-refractivity contribution < 1.29 is 9.50 Å². The second-order valence-electron chi connectivity index (χ2n) is 3.38. The van der Waals surface area contributed by atoms with E-state index in [1.807, 2.05) is 0 Å². The summed E-state index contributed by atoms with van der Waals surface area (Å²) in [6.45, 7) is 1.79. The third kappa shape index (κ3) is 5.20. The molecule has 0 aliphatic rings. The Labute approximate surface area is 100 Å². The highest BCUT2D eigenvalue weighted by Crippen LogP contribution is 2.19. The van der Waals surface area contributed by atoms with Crippen molar-refractivity contribution in [1.29, 1.82) is 0 Å². The molecule has 86 valence electrons. The first-order valence-corrected chi connectivity index (χ1v) is 6.17. The van der Waals surface area contributed by atoms with Gasteiger partial charge in [0.25, 0.3) is 0 Å². The van der Waals surface area contributed by atoms with E-state index in [0.29, 0.717) is 12.2 Å². The van der Waals surface area contributed by atoms with Crippen LogP contribution in [0.15, 0.2) is 29.2 Å². The zero-order valence-electron chi connectivity index (χ0n) is 9.24. The molecule has 0 aromatic heterocycles. The molecule has 1 nitrogen and oxygen atoms in total. The lowest BCUT2D eigenvalue weighted by Gasteiger charge is -2.07. The standard InChI is InChI=1S/C13H15FOS/c1-2-3-4-5-12(15)10-16-13-8-6-11(14)7-9-13/h6-9,12,15H,4-5,10H2,1H3. The Hall–Kier alpha value is -0.980. The number of halogens is 1. The van der Waals surface area contributed by atoms with Gasteiger partial charge in [-0.3, -0.25) is 0 Å². The topological polar surface area (TPSA) is 20.2 Å². The number of hydrogen-bond donors (Lipinski definition) is 1. The van der Waals surface area contributed by atoms with Crippen LogP contribution in [-0.4, -0.2) is 17.0 Å². The third-order valence-electron chi connectivity index (χ3n) is 2.04. The summed E-state index contributed by atoms with van der Waals surface area (Å²) >= 11 is 1.53. The van der Waals surface area contributed by atoms with Crippen LogP contribution in [0.25, 0.3) is 0 Å². The van der Waals surface area contributed by atoms with Crippen molar-refractivity contribution in [2.75, 3.05) is 5.75 Å². The van der Waals surface area contributed by atoms with E-state index >= 15 is 0 Å². The highest BCUT2D eigenvalue weighted by atomic mass is 32.2. The van der Waals surface area contributed by atoms with Crippen molar-refractivity contribution >= 4 is 11.8 Å². The normalized spacial score (nSPS) is 11.7. The summed E-state index contributed by atoms with van der Waals surface area (Å²) in [5.74, 6) is 6.10. The molecule has 0 fully saturated rings. The van der Waals surface area contributed by atoms with Crippen molar-refractivity contribution in [1.82, 2.24) is 0 Å². The van der Waals surface area contributed by atoms with Gasteiger partial charge in [0.15, 0.2) is 0 Å². The summed E-state index contributed by atoms with van der Waals surface area (Å²) < 4.78 is 12.6. The van der Waals surface area contributed by atoms with Gasteiger partial charge in [-0.2, -0.15) is 0 Å². The first-order chi connectivity index (χ1) is 7.72. The Morgan fingerprint density at radius 2 is 2.06 bits per heavy atom. The van der Waals surface area contributed by atoms with Gasteiger partial charge < -0.3 is 5.11 Å². The second-order valence-corrected chi connectivity index (χ2v) is 4.48. The van der Waals surface area contributed by atoms with E-state index in [4.69, 9.17) is 0 Å². The van der Waals surface area contributed by atoms with Crippen LogP contribution in [0.1, 0.15) is 19.8 Å². The van der Waals surface area contributed by atoms with E-state index < -0.39 is 0 Å². The Morgan fingerprint density at radius 3 is 2.69 bits per heavy atom. The fourth-order valence-corrected chi connectivity index (χ4v) is 2.05.